The SMILES string of the molecule is CCNC(=O)C(NO)c1ccccc1F. The largest absolute Gasteiger partial charge is 0.355 e. The van der Waals surface area contributed by atoms with Crippen molar-refractivity contribution in [3.8, 4) is 0 Å². The van der Waals surface area contributed by atoms with Gasteiger partial charge in [0.05, 0.1) is 0 Å². The zero-order valence-electron chi connectivity index (χ0n) is 8.33. The van der Waals surface area contributed by atoms with E-state index < -0.39 is 17.8 Å². The minimum absolute atomic E-state index is 0.117. The van der Waals surface area contributed by atoms with Crippen molar-refractivity contribution in [1.29, 1.82) is 0 Å². The molecule has 0 heterocycles. The second kappa shape index (κ2) is 5.43. The Morgan fingerprint density at radius 1 is 1.53 bits per heavy atom. The maximum atomic E-state index is 13.3. The molecular weight excluding hydrogens is 199 g/mol. The molecule has 0 aliphatic carbocycles. The first kappa shape index (κ1) is 11.6. The maximum absolute atomic E-state index is 13.3. The van der Waals surface area contributed by atoms with Gasteiger partial charge in [0.25, 0.3) is 0 Å². The van der Waals surface area contributed by atoms with E-state index in [2.05, 4.69) is 5.32 Å². The number of hydrogen-bond acceptors (Lipinski definition) is 3. The summed E-state index contributed by atoms with van der Waals surface area (Å²) in [4.78, 5) is 11.4. The first-order valence-corrected chi connectivity index (χ1v) is 4.62. The van der Waals surface area contributed by atoms with Gasteiger partial charge in [0.15, 0.2) is 0 Å². The summed E-state index contributed by atoms with van der Waals surface area (Å²) in [6.07, 6.45) is 0. The van der Waals surface area contributed by atoms with E-state index in [4.69, 9.17) is 5.21 Å². The second-order valence-corrected chi connectivity index (χ2v) is 2.98. The molecule has 1 aromatic carbocycles. The van der Waals surface area contributed by atoms with Gasteiger partial charge in [-0.25, -0.2) is 4.39 Å². The van der Waals surface area contributed by atoms with Gasteiger partial charge >= 0.3 is 0 Å². The van der Waals surface area contributed by atoms with Crippen LogP contribution in [0.25, 0.3) is 0 Å². The quantitative estimate of drug-likeness (QED) is 0.652. The van der Waals surface area contributed by atoms with E-state index in [0.717, 1.165) is 0 Å². The third-order valence-electron chi connectivity index (χ3n) is 1.96. The van der Waals surface area contributed by atoms with E-state index in [1.165, 1.54) is 18.2 Å². The minimum atomic E-state index is -1.08. The lowest BCUT2D eigenvalue weighted by Crippen LogP contribution is -2.36. The number of nitrogens with one attached hydrogen (secondary N) is 2. The Kier molecular flexibility index (Phi) is 4.20. The van der Waals surface area contributed by atoms with Crippen LogP contribution in [0.4, 0.5) is 4.39 Å². The molecule has 0 aromatic heterocycles. The molecular formula is C10H13FN2O2. The highest BCUT2D eigenvalue weighted by Gasteiger charge is 2.21. The Hall–Kier alpha value is -1.46. The van der Waals surface area contributed by atoms with Gasteiger partial charge in [0.2, 0.25) is 5.91 Å². The van der Waals surface area contributed by atoms with E-state index in [1.54, 1.807) is 18.5 Å². The van der Waals surface area contributed by atoms with Crippen molar-refractivity contribution >= 4 is 5.91 Å². The number of rotatable bonds is 4. The molecule has 1 atom stereocenters. The second-order valence-electron chi connectivity index (χ2n) is 2.98. The Morgan fingerprint density at radius 3 is 2.73 bits per heavy atom. The van der Waals surface area contributed by atoms with Crippen LogP contribution in [0.2, 0.25) is 0 Å². The molecule has 0 spiro atoms. The summed E-state index contributed by atoms with van der Waals surface area (Å²) in [7, 11) is 0. The van der Waals surface area contributed by atoms with Gasteiger partial charge < -0.3 is 10.5 Å². The van der Waals surface area contributed by atoms with Crippen LogP contribution in [0.3, 0.4) is 0 Å². The van der Waals surface area contributed by atoms with Crippen molar-refractivity contribution < 1.29 is 14.4 Å². The van der Waals surface area contributed by atoms with E-state index in [0.29, 0.717) is 6.54 Å². The molecule has 0 saturated heterocycles. The molecule has 0 radical (unpaired) electrons. The summed E-state index contributed by atoms with van der Waals surface area (Å²) in [5.74, 6) is -1.000. The number of benzene rings is 1. The fraction of sp³-hybridized carbons (Fsp3) is 0.300. The Morgan fingerprint density at radius 2 is 2.20 bits per heavy atom. The van der Waals surface area contributed by atoms with Crippen molar-refractivity contribution in [2.45, 2.75) is 13.0 Å². The number of carbonyl (C=O) groups excluding carboxylic acids is 1. The molecule has 0 bridgehead atoms. The molecule has 15 heavy (non-hydrogen) atoms. The highest BCUT2D eigenvalue weighted by molar-refractivity contribution is 5.83. The maximum Gasteiger partial charge on any atom is 0.244 e. The summed E-state index contributed by atoms with van der Waals surface area (Å²) < 4.78 is 13.3. The normalized spacial score (nSPS) is 12.2. The number of carbonyl (C=O) groups is 1. The van der Waals surface area contributed by atoms with Crippen molar-refractivity contribution in [2.75, 3.05) is 6.54 Å². The smallest absolute Gasteiger partial charge is 0.244 e. The molecule has 3 N–H and O–H groups in total. The monoisotopic (exact) mass is 212 g/mol. The highest BCUT2D eigenvalue weighted by Crippen LogP contribution is 2.16. The van der Waals surface area contributed by atoms with Crippen LogP contribution in [-0.4, -0.2) is 17.7 Å². The third-order valence-corrected chi connectivity index (χ3v) is 1.96. The summed E-state index contributed by atoms with van der Waals surface area (Å²) >= 11 is 0. The van der Waals surface area contributed by atoms with Crippen LogP contribution in [0.15, 0.2) is 24.3 Å². The molecule has 0 fully saturated rings. The molecule has 0 aliphatic rings. The predicted octanol–water partition coefficient (Wildman–Crippen LogP) is 0.982. The molecule has 1 amide bonds. The van der Waals surface area contributed by atoms with Gasteiger partial charge in [-0.2, -0.15) is 5.48 Å². The fourth-order valence-electron chi connectivity index (χ4n) is 1.25. The standard InChI is InChI=1S/C10H13FN2O2/c1-2-12-10(14)9(13-15)7-5-3-4-6-8(7)11/h3-6,9,13,15H,2H2,1H3,(H,12,14). The van der Waals surface area contributed by atoms with Crippen molar-refractivity contribution in [1.82, 2.24) is 10.8 Å². The zero-order valence-corrected chi connectivity index (χ0v) is 8.33. The van der Waals surface area contributed by atoms with Crippen LogP contribution in [-0.2, 0) is 4.79 Å². The first-order valence-electron chi connectivity index (χ1n) is 4.62. The average molecular weight is 212 g/mol. The predicted molar refractivity (Wildman–Crippen MR) is 52.7 cm³/mol. The van der Waals surface area contributed by atoms with E-state index in [9.17, 15) is 9.18 Å². The molecule has 0 aliphatic heterocycles. The van der Waals surface area contributed by atoms with Gasteiger partial charge in [-0.15, -0.1) is 0 Å². The van der Waals surface area contributed by atoms with E-state index in [1.807, 2.05) is 0 Å². The summed E-state index contributed by atoms with van der Waals surface area (Å²) in [6.45, 7) is 2.17. The zero-order chi connectivity index (χ0) is 11.3. The van der Waals surface area contributed by atoms with Crippen molar-refractivity contribution in [2.24, 2.45) is 0 Å². The Balaban J connectivity index is 2.92. The number of likely N-dealkylation sites (N-methyl/N-ethyl adjacent to an activating group) is 1. The molecule has 0 saturated carbocycles. The number of hydrogen-bond donors (Lipinski definition) is 3. The average Bonchev–Trinajstić information content (AvgIpc) is 2.22. The number of hydroxylamine groups is 1. The van der Waals surface area contributed by atoms with Gasteiger partial charge in [0, 0.05) is 12.1 Å². The van der Waals surface area contributed by atoms with Crippen molar-refractivity contribution in [3.63, 3.8) is 0 Å². The van der Waals surface area contributed by atoms with Crippen LogP contribution in [0.5, 0.6) is 0 Å². The van der Waals surface area contributed by atoms with Crippen LogP contribution in [0.1, 0.15) is 18.5 Å². The first-order chi connectivity index (χ1) is 7.20. The van der Waals surface area contributed by atoms with Gasteiger partial charge in [0.1, 0.15) is 11.9 Å². The molecule has 4 nitrogen and oxygen atoms in total. The van der Waals surface area contributed by atoms with Crippen molar-refractivity contribution in [3.05, 3.63) is 35.6 Å². The lowest BCUT2D eigenvalue weighted by molar-refractivity contribution is -0.125. The number of amides is 1. The third kappa shape index (κ3) is 2.74. The topological polar surface area (TPSA) is 61.4 Å². The van der Waals surface area contributed by atoms with Crippen LogP contribution >= 0.6 is 0 Å². The number of halogens is 1. The highest BCUT2D eigenvalue weighted by atomic mass is 19.1. The van der Waals surface area contributed by atoms with Gasteiger partial charge in [-0.1, -0.05) is 18.2 Å². The molecule has 82 valence electrons. The van der Waals surface area contributed by atoms with E-state index >= 15 is 0 Å². The minimum Gasteiger partial charge on any atom is -0.355 e. The van der Waals surface area contributed by atoms with Gasteiger partial charge in [-0.05, 0) is 13.0 Å². The van der Waals surface area contributed by atoms with E-state index in [-0.39, 0.29) is 5.56 Å². The fourth-order valence-corrected chi connectivity index (χ4v) is 1.25. The molecule has 1 unspecified atom stereocenters. The molecule has 1 rings (SSSR count). The summed E-state index contributed by atoms with van der Waals surface area (Å²) in [5, 5.41) is 11.3. The Bertz CT molecular complexity index is 344. The van der Waals surface area contributed by atoms with Crippen LogP contribution < -0.4 is 10.8 Å². The lowest BCUT2D eigenvalue weighted by Gasteiger charge is -2.15. The molecule has 1 aromatic rings. The van der Waals surface area contributed by atoms with Crippen LogP contribution in [0, 0.1) is 5.82 Å². The summed E-state index contributed by atoms with van der Waals surface area (Å²) in [6, 6.07) is 4.72. The van der Waals surface area contributed by atoms with Gasteiger partial charge in [-0.3, -0.25) is 4.79 Å². The Labute approximate surface area is 87.1 Å². The lowest BCUT2D eigenvalue weighted by atomic mass is 10.1. The summed E-state index contributed by atoms with van der Waals surface area (Å²) in [5.41, 5.74) is 1.91. The molecule has 5 heteroatoms.